The lowest BCUT2D eigenvalue weighted by molar-refractivity contribution is -0.156. The fourth-order valence-electron chi connectivity index (χ4n) is 0.785. The first kappa shape index (κ1) is 12.9. The van der Waals surface area contributed by atoms with Crippen LogP contribution in [0.2, 0.25) is 0 Å². The Bertz CT molecular complexity index is 188. The Labute approximate surface area is 81.1 Å². The number of carbonyl (C=O) groups excluding carboxylic acids is 1. The van der Waals surface area contributed by atoms with Crippen molar-refractivity contribution >= 4 is 11.9 Å². The number of hydrogen-bond donors (Lipinski definition) is 3. The predicted molar refractivity (Wildman–Crippen MR) is 45.3 cm³/mol. The normalized spacial score (nSPS) is 10.2. The van der Waals surface area contributed by atoms with Gasteiger partial charge in [-0.1, -0.05) is 0 Å². The molecule has 0 amide bonds. The van der Waals surface area contributed by atoms with Crippen LogP contribution in [0.1, 0.15) is 25.7 Å². The summed E-state index contributed by atoms with van der Waals surface area (Å²) in [5.41, 5.74) is 0. The molecule has 0 aliphatic heterocycles. The number of rotatable bonds is 7. The van der Waals surface area contributed by atoms with E-state index in [1.807, 2.05) is 0 Å². The highest BCUT2D eigenvalue weighted by Gasteiger charge is 2.06. The number of unbranched alkanes of at least 4 members (excludes halogenated alkanes) is 1. The summed E-state index contributed by atoms with van der Waals surface area (Å²) in [6, 6.07) is 0. The highest BCUT2D eigenvalue weighted by Crippen LogP contribution is 2.01. The number of aliphatic hydroxyl groups is 2. The zero-order valence-corrected chi connectivity index (χ0v) is 7.68. The maximum absolute atomic E-state index is 10.8. The van der Waals surface area contributed by atoms with Crippen molar-refractivity contribution in [3.63, 3.8) is 0 Å². The standard InChI is InChI=1S/C8H14O6/c9-6(10)3-1-2-4-8(13)14-5-7(11)12/h7,11-12H,1-5H2,(H,9,10). The second kappa shape index (κ2) is 7.28. The monoisotopic (exact) mass is 206 g/mol. The molecule has 0 rings (SSSR count). The first-order valence-corrected chi connectivity index (χ1v) is 4.26. The van der Waals surface area contributed by atoms with Crippen LogP contribution >= 0.6 is 0 Å². The number of aliphatic hydroxyl groups excluding tert-OH is 1. The molecule has 0 aromatic heterocycles. The lowest BCUT2D eigenvalue weighted by atomic mass is 10.2. The van der Waals surface area contributed by atoms with Crippen LogP contribution in [0.4, 0.5) is 0 Å². The molecule has 14 heavy (non-hydrogen) atoms. The van der Waals surface area contributed by atoms with Gasteiger partial charge in [0.05, 0.1) is 0 Å². The number of esters is 1. The third kappa shape index (κ3) is 8.95. The van der Waals surface area contributed by atoms with Crippen molar-refractivity contribution < 1.29 is 29.6 Å². The van der Waals surface area contributed by atoms with Crippen molar-refractivity contribution in [2.75, 3.05) is 6.61 Å². The van der Waals surface area contributed by atoms with E-state index in [1.165, 1.54) is 0 Å². The van der Waals surface area contributed by atoms with Crippen molar-refractivity contribution in [3.05, 3.63) is 0 Å². The highest BCUT2D eigenvalue weighted by molar-refractivity contribution is 5.69. The summed E-state index contributed by atoms with van der Waals surface area (Å²) in [4.78, 5) is 20.9. The summed E-state index contributed by atoms with van der Waals surface area (Å²) in [5.74, 6) is -1.45. The van der Waals surface area contributed by atoms with Crippen LogP contribution in [0.5, 0.6) is 0 Å². The molecular formula is C8H14O6. The number of carbonyl (C=O) groups is 2. The summed E-state index contributed by atoms with van der Waals surface area (Å²) < 4.78 is 4.42. The maximum atomic E-state index is 10.8. The van der Waals surface area contributed by atoms with Gasteiger partial charge in [-0.3, -0.25) is 9.59 Å². The number of ether oxygens (including phenoxy) is 1. The fourth-order valence-corrected chi connectivity index (χ4v) is 0.785. The molecule has 82 valence electrons. The van der Waals surface area contributed by atoms with E-state index in [4.69, 9.17) is 15.3 Å². The first-order valence-electron chi connectivity index (χ1n) is 4.26. The van der Waals surface area contributed by atoms with Gasteiger partial charge in [0.1, 0.15) is 6.61 Å². The summed E-state index contributed by atoms with van der Waals surface area (Å²) in [6.07, 6.45) is -0.702. The lowest BCUT2D eigenvalue weighted by Crippen LogP contribution is -2.17. The minimum atomic E-state index is -1.65. The summed E-state index contributed by atoms with van der Waals surface area (Å²) in [7, 11) is 0. The maximum Gasteiger partial charge on any atom is 0.305 e. The molecule has 6 nitrogen and oxygen atoms in total. The molecule has 0 atom stereocenters. The summed E-state index contributed by atoms with van der Waals surface area (Å²) in [6.45, 7) is -0.447. The van der Waals surface area contributed by atoms with Crippen molar-refractivity contribution in [3.8, 4) is 0 Å². The van der Waals surface area contributed by atoms with E-state index in [0.29, 0.717) is 12.8 Å². The van der Waals surface area contributed by atoms with E-state index in [-0.39, 0.29) is 12.8 Å². The third-order valence-corrected chi connectivity index (χ3v) is 1.41. The van der Waals surface area contributed by atoms with Crippen LogP contribution < -0.4 is 0 Å². The van der Waals surface area contributed by atoms with Crippen LogP contribution in [0.25, 0.3) is 0 Å². The topological polar surface area (TPSA) is 104 Å². The molecule has 0 fully saturated rings. The van der Waals surface area contributed by atoms with Gasteiger partial charge in [-0.15, -0.1) is 0 Å². The second-order valence-corrected chi connectivity index (χ2v) is 2.76. The number of aliphatic carboxylic acids is 1. The van der Waals surface area contributed by atoms with Gasteiger partial charge < -0.3 is 20.1 Å². The molecule has 0 spiro atoms. The molecule has 0 radical (unpaired) electrons. The van der Waals surface area contributed by atoms with E-state index in [9.17, 15) is 9.59 Å². The van der Waals surface area contributed by atoms with Gasteiger partial charge >= 0.3 is 11.9 Å². The molecule has 0 heterocycles. The fraction of sp³-hybridized carbons (Fsp3) is 0.750. The number of hydrogen-bond acceptors (Lipinski definition) is 5. The van der Waals surface area contributed by atoms with Crippen LogP contribution in [0, 0.1) is 0 Å². The number of carboxylic acid groups (broad SMARTS) is 1. The zero-order valence-electron chi connectivity index (χ0n) is 7.68. The van der Waals surface area contributed by atoms with Gasteiger partial charge in [0.25, 0.3) is 0 Å². The van der Waals surface area contributed by atoms with E-state index in [0.717, 1.165) is 0 Å². The molecule has 0 saturated carbocycles. The Hall–Kier alpha value is -1.14. The molecule has 0 aromatic rings. The first-order chi connectivity index (χ1) is 6.52. The second-order valence-electron chi connectivity index (χ2n) is 2.76. The molecule has 0 bridgehead atoms. The summed E-state index contributed by atoms with van der Waals surface area (Å²) >= 11 is 0. The zero-order chi connectivity index (χ0) is 11.0. The predicted octanol–water partition coefficient (Wildman–Crippen LogP) is -0.515. The van der Waals surface area contributed by atoms with Crippen LogP contribution in [0.15, 0.2) is 0 Å². The average Bonchev–Trinajstić information content (AvgIpc) is 2.08. The highest BCUT2D eigenvalue weighted by atomic mass is 16.6. The van der Waals surface area contributed by atoms with Crippen molar-refractivity contribution in [2.24, 2.45) is 0 Å². The molecule has 0 aliphatic carbocycles. The van der Waals surface area contributed by atoms with Gasteiger partial charge in [0.2, 0.25) is 0 Å². The Morgan fingerprint density at radius 1 is 1.14 bits per heavy atom. The van der Waals surface area contributed by atoms with Crippen LogP contribution in [-0.2, 0) is 14.3 Å². The quantitative estimate of drug-likeness (QED) is 0.294. The molecule has 0 aromatic carbocycles. The number of carboxylic acids is 1. The Balaban J connectivity index is 3.31. The molecule has 6 heteroatoms. The van der Waals surface area contributed by atoms with E-state index >= 15 is 0 Å². The van der Waals surface area contributed by atoms with E-state index in [2.05, 4.69) is 4.74 Å². The molecular weight excluding hydrogens is 192 g/mol. The van der Waals surface area contributed by atoms with Gasteiger partial charge in [-0.05, 0) is 12.8 Å². The Kier molecular flexibility index (Phi) is 6.69. The van der Waals surface area contributed by atoms with Gasteiger partial charge in [-0.25, -0.2) is 0 Å². The Morgan fingerprint density at radius 2 is 1.71 bits per heavy atom. The largest absolute Gasteiger partial charge is 0.481 e. The van der Waals surface area contributed by atoms with Crippen LogP contribution in [0.3, 0.4) is 0 Å². The molecule has 0 unspecified atom stereocenters. The smallest absolute Gasteiger partial charge is 0.305 e. The molecule has 0 aliphatic rings. The van der Waals surface area contributed by atoms with Crippen molar-refractivity contribution in [2.45, 2.75) is 32.0 Å². The molecule has 0 saturated heterocycles. The third-order valence-electron chi connectivity index (χ3n) is 1.41. The van der Waals surface area contributed by atoms with E-state index in [1.54, 1.807) is 0 Å². The van der Waals surface area contributed by atoms with Gasteiger partial charge in [-0.2, -0.15) is 0 Å². The average molecular weight is 206 g/mol. The Morgan fingerprint density at radius 3 is 2.21 bits per heavy atom. The van der Waals surface area contributed by atoms with E-state index < -0.39 is 24.8 Å². The summed E-state index contributed by atoms with van der Waals surface area (Å²) in [5, 5.41) is 25.0. The minimum absolute atomic E-state index is 0.0237. The van der Waals surface area contributed by atoms with Crippen molar-refractivity contribution in [1.82, 2.24) is 0 Å². The van der Waals surface area contributed by atoms with Crippen molar-refractivity contribution in [1.29, 1.82) is 0 Å². The van der Waals surface area contributed by atoms with Gasteiger partial charge in [0, 0.05) is 12.8 Å². The minimum Gasteiger partial charge on any atom is -0.481 e. The van der Waals surface area contributed by atoms with Crippen LogP contribution in [-0.4, -0.2) is 40.2 Å². The lowest BCUT2D eigenvalue weighted by Gasteiger charge is -2.05. The van der Waals surface area contributed by atoms with Gasteiger partial charge in [0.15, 0.2) is 6.29 Å². The SMILES string of the molecule is O=C(O)CCCCC(=O)OCC(O)O. The molecule has 3 N–H and O–H groups in total.